The van der Waals surface area contributed by atoms with Gasteiger partial charge in [0.25, 0.3) is 0 Å². The zero-order chi connectivity index (χ0) is 14.4. The Balaban J connectivity index is 2.16. The van der Waals surface area contributed by atoms with Gasteiger partial charge in [0.05, 0.1) is 29.2 Å². The number of hydrogen-bond acceptors (Lipinski definition) is 5. The molecule has 1 aromatic carbocycles. The van der Waals surface area contributed by atoms with Crippen molar-refractivity contribution in [2.45, 2.75) is 23.2 Å². The maximum absolute atomic E-state index is 12.7. The fourth-order valence-corrected chi connectivity index (χ4v) is 4.80. The van der Waals surface area contributed by atoms with E-state index in [2.05, 4.69) is 0 Å². The van der Waals surface area contributed by atoms with Gasteiger partial charge >= 0.3 is 0 Å². The lowest BCUT2D eigenvalue weighted by Gasteiger charge is -2.25. The van der Waals surface area contributed by atoms with Crippen molar-refractivity contribution in [2.24, 2.45) is 0 Å². The van der Waals surface area contributed by atoms with Gasteiger partial charge in [-0.05, 0) is 12.1 Å². The monoisotopic (exact) mass is 316 g/mol. The van der Waals surface area contributed by atoms with Gasteiger partial charge in [-0.15, -0.1) is 0 Å². The van der Waals surface area contributed by atoms with Crippen LogP contribution in [0.15, 0.2) is 45.2 Å². The first-order chi connectivity index (χ1) is 9.47. The Kier molecular flexibility index (Phi) is 3.38. The van der Waals surface area contributed by atoms with Crippen molar-refractivity contribution in [2.75, 3.05) is 13.2 Å². The highest BCUT2D eigenvalue weighted by Crippen LogP contribution is 2.47. The number of ether oxygens (including phenoxy) is 2. The zero-order valence-electron chi connectivity index (χ0n) is 10.5. The lowest BCUT2D eigenvalue weighted by molar-refractivity contribution is -0.128. The molecule has 108 valence electrons. The SMILES string of the molecule is O=S(=O)(C1=C(Cl)C(O)CC12OCCO2)c1ccccc1. The minimum Gasteiger partial charge on any atom is -0.387 e. The van der Waals surface area contributed by atoms with Crippen LogP contribution in [0, 0.1) is 0 Å². The van der Waals surface area contributed by atoms with Crippen molar-refractivity contribution in [1.29, 1.82) is 0 Å². The van der Waals surface area contributed by atoms with Gasteiger partial charge in [-0.25, -0.2) is 8.42 Å². The Morgan fingerprint density at radius 1 is 1.20 bits per heavy atom. The fraction of sp³-hybridized carbons (Fsp3) is 0.385. The maximum atomic E-state index is 12.7. The molecule has 5 nitrogen and oxygen atoms in total. The van der Waals surface area contributed by atoms with Gasteiger partial charge in [-0.1, -0.05) is 29.8 Å². The van der Waals surface area contributed by atoms with Crippen LogP contribution in [0.25, 0.3) is 0 Å². The number of rotatable bonds is 2. The van der Waals surface area contributed by atoms with E-state index in [4.69, 9.17) is 21.1 Å². The van der Waals surface area contributed by atoms with Crippen molar-refractivity contribution < 1.29 is 23.0 Å². The summed E-state index contributed by atoms with van der Waals surface area (Å²) in [6.07, 6.45) is -1.10. The van der Waals surface area contributed by atoms with E-state index in [0.717, 1.165) is 0 Å². The number of aliphatic hydroxyl groups is 1. The third-order valence-electron chi connectivity index (χ3n) is 3.39. The van der Waals surface area contributed by atoms with Crippen molar-refractivity contribution in [3.8, 4) is 0 Å². The van der Waals surface area contributed by atoms with E-state index in [1.54, 1.807) is 18.2 Å². The molecule has 1 unspecified atom stereocenters. The molecule has 0 saturated carbocycles. The van der Waals surface area contributed by atoms with Gasteiger partial charge in [0.15, 0.2) is 0 Å². The van der Waals surface area contributed by atoms with Gasteiger partial charge in [0.2, 0.25) is 15.6 Å². The largest absolute Gasteiger partial charge is 0.387 e. The summed E-state index contributed by atoms with van der Waals surface area (Å²) in [5.74, 6) is -1.45. The first-order valence-electron chi connectivity index (χ1n) is 6.14. The summed E-state index contributed by atoms with van der Waals surface area (Å²) in [6, 6.07) is 7.90. The average molecular weight is 317 g/mol. The van der Waals surface area contributed by atoms with Crippen molar-refractivity contribution in [3.05, 3.63) is 40.3 Å². The summed E-state index contributed by atoms with van der Waals surface area (Å²) in [6.45, 7) is 0.537. The van der Waals surface area contributed by atoms with Gasteiger partial charge < -0.3 is 14.6 Å². The standard InChI is InChI=1S/C13H13ClO5S/c14-11-10(15)8-13(18-6-7-19-13)12(11)20(16,17)9-4-2-1-3-5-9/h1-5,10,15H,6-8H2. The van der Waals surface area contributed by atoms with E-state index in [9.17, 15) is 13.5 Å². The third kappa shape index (κ3) is 1.99. The molecule has 1 aliphatic carbocycles. The van der Waals surface area contributed by atoms with Crippen LogP contribution in [-0.4, -0.2) is 38.6 Å². The Bertz CT molecular complexity index is 647. The van der Waals surface area contributed by atoms with E-state index in [1.165, 1.54) is 12.1 Å². The van der Waals surface area contributed by atoms with E-state index in [0.29, 0.717) is 0 Å². The molecule has 0 bridgehead atoms. The first-order valence-corrected chi connectivity index (χ1v) is 8.00. The molecule has 7 heteroatoms. The molecule has 2 aliphatic rings. The molecule has 0 amide bonds. The van der Waals surface area contributed by atoms with Crippen LogP contribution >= 0.6 is 11.6 Å². The van der Waals surface area contributed by atoms with Gasteiger partial charge in [-0.2, -0.15) is 0 Å². The van der Waals surface area contributed by atoms with Crippen LogP contribution in [-0.2, 0) is 19.3 Å². The molecule has 3 rings (SSSR count). The van der Waals surface area contributed by atoms with Crippen LogP contribution in [0.3, 0.4) is 0 Å². The molecule has 1 fully saturated rings. The second kappa shape index (κ2) is 4.82. The fourth-order valence-electron chi connectivity index (χ4n) is 2.52. The molecule has 1 atom stereocenters. The molecule has 1 aromatic rings. The Morgan fingerprint density at radius 2 is 1.80 bits per heavy atom. The predicted molar refractivity (Wildman–Crippen MR) is 71.8 cm³/mol. The molecular formula is C13H13ClO5S. The van der Waals surface area contributed by atoms with Crippen LogP contribution < -0.4 is 0 Å². The third-order valence-corrected chi connectivity index (χ3v) is 5.91. The second-order valence-electron chi connectivity index (χ2n) is 4.66. The quantitative estimate of drug-likeness (QED) is 0.893. The number of sulfone groups is 1. The highest BCUT2D eigenvalue weighted by Gasteiger charge is 2.55. The van der Waals surface area contributed by atoms with E-state index >= 15 is 0 Å². The summed E-state index contributed by atoms with van der Waals surface area (Å²) in [7, 11) is -3.87. The smallest absolute Gasteiger partial charge is 0.210 e. The van der Waals surface area contributed by atoms with Gasteiger partial charge in [0, 0.05) is 6.42 Å². The molecule has 1 aliphatic heterocycles. The number of halogens is 1. The van der Waals surface area contributed by atoms with Crippen LogP contribution in [0.5, 0.6) is 0 Å². The lowest BCUT2D eigenvalue weighted by atomic mass is 10.2. The van der Waals surface area contributed by atoms with Crippen LogP contribution in [0.1, 0.15) is 6.42 Å². The Hall–Kier alpha value is -0.920. The Morgan fingerprint density at radius 3 is 2.40 bits per heavy atom. The summed E-state index contributed by atoms with van der Waals surface area (Å²) < 4.78 is 36.4. The summed E-state index contributed by atoms with van der Waals surface area (Å²) in [5, 5.41) is 9.76. The van der Waals surface area contributed by atoms with Crippen molar-refractivity contribution in [3.63, 3.8) is 0 Å². The van der Waals surface area contributed by atoms with Crippen molar-refractivity contribution in [1.82, 2.24) is 0 Å². The molecule has 1 spiro atoms. The van der Waals surface area contributed by atoms with Crippen LogP contribution in [0.2, 0.25) is 0 Å². The number of benzene rings is 1. The van der Waals surface area contributed by atoms with Crippen molar-refractivity contribution >= 4 is 21.4 Å². The zero-order valence-corrected chi connectivity index (χ0v) is 12.0. The maximum Gasteiger partial charge on any atom is 0.210 e. The minimum atomic E-state index is -3.87. The molecule has 20 heavy (non-hydrogen) atoms. The average Bonchev–Trinajstić information content (AvgIpc) is 2.97. The number of aliphatic hydroxyl groups excluding tert-OH is 1. The summed E-state index contributed by atoms with van der Waals surface area (Å²) in [4.78, 5) is -0.0800. The van der Waals surface area contributed by atoms with Crippen LogP contribution in [0.4, 0.5) is 0 Å². The summed E-state index contributed by atoms with van der Waals surface area (Å²) in [5.41, 5.74) is 0. The Labute approximate surface area is 121 Å². The normalized spacial score (nSPS) is 25.6. The highest BCUT2D eigenvalue weighted by atomic mass is 35.5. The lowest BCUT2D eigenvalue weighted by Crippen LogP contribution is -2.34. The summed E-state index contributed by atoms with van der Waals surface area (Å²) >= 11 is 6.02. The first kappa shape index (κ1) is 14.0. The molecule has 1 N–H and O–H groups in total. The molecular weight excluding hydrogens is 304 g/mol. The molecule has 1 heterocycles. The van der Waals surface area contributed by atoms with E-state index in [1.807, 2.05) is 0 Å². The van der Waals surface area contributed by atoms with Gasteiger partial charge in [0.1, 0.15) is 4.91 Å². The highest BCUT2D eigenvalue weighted by molar-refractivity contribution is 7.95. The van der Waals surface area contributed by atoms with E-state index in [-0.39, 0.29) is 34.5 Å². The predicted octanol–water partition coefficient (Wildman–Crippen LogP) is 1.42. The molecule has 0 radical (unpaired) electrons. The van der Waals surface area contributed by atoms with E-state index < -0.39 is 21.7 Å². The number of hydrogen-bond donors (Lipinski definition) is 1. The second-order valence-corrected chi connectivity index (χ2v) is 6.96. The topological polar surface area (TPSA) is 72.8 Å². The van der Waals surface area contributed by atoms with Gasteiger partial charge in [-0.3, -0.25) is 0 Å². The minimum absolute atomic E-state index is 0.00672. The molecule has 1 saturated heterocycles. The molecule has 0 aromatic heterocycles.